The van der Waals surface area contributed by atoms with E-state index in [9.17, 15) is 4.79 Å². The van der Waals surface area contributed by atoms with Gasteiger partial charge in [-0.05, 0) is 30.5 Å². The lowest BCUT2D eigenvalue weighted by Gasteiger charge is -2.19. The zero-order chi connectivity index (χ0) is 17.4. The summed E-state index contributed by atoms with van der Waals surface area (Å²) in [5, 5.41) is 9.84. The van der Waals surface area contributed by atoms with Gasteiger partial charge in [-0.2, -0.15) is 0 Å². The minimum Gasteiger partial charge on any atom is -0.383 e. The molecule has 8 heteroatoms. The Hall–Kier alpha value is -1.06. The molecular weight excluding hydrogens is 455 g/mol. The Balaban J connectivity index is 0.00000312. The standard InChI is InChI=1S/C17H25ClN4O2.HI/c1-19-16(21-11-15(23)20-8-9-24-2)22-12-17(6-7-17)13-4-3-5-14(18)10-13;/h3-5,10H,6-9,11-12H2,1-2H3,(H,20,23)(H2,19,21,22);1H. The predicted molar refractivity (Wildman–Crippen MR) is 112 cm³/mol. The van der Waals surface area contributed by atoms with Crippen molar-refractivity contribution in [2.45, 2.75) is 18.3 Å². The second-order valence-corrected chi connectivity index (χ2v) is 6.35. The summed E-state index contributed by atoms with van der Waals surface area (Å²) in [5.74, 6) is 0.524. The maximum atomic E-state index is 11.7. The number of rotatable bonds is 8. The van der Waals surface area contributed by atoms with Crippen molar-refractivity contribution in [3.63, 3.8) is 0 Å². The van der Waals surface area contributed by atoms with E-state index in [0.717, 1.165) is 24.4 Å². The molecule has 140 valence electrons. The smallest absolute Gasteiger partial charge is 0.239 e. The van der Waals surface area contributed by atoms with Gasteiger partial charge in [0.15, 0.2) is 5.96 Å². The fourth-order valence-electron chi connectivity index (χ4n) is 2.53. The summed E-state index contributed by atoms with van der Waals surface area (Å²) in [7, 11) is 3.29. The fraction of sp³-hybridized carbons (Fsp3) is 0.529. The monoisotopic (exact) mass is 480 g/mol. The molecule has 1 amide bonds. The molecule has 2 rings (SSSR count). The molecule has 0 unspecified atom stereocenters. The highest BCUT2D eigenvalue weighted by atomic mass is 127. The van der Waals surface area contributed by atoms with E-state index in [1.54, 1.807) is 14.2 Å². The first kappa shape index (κ1) is 22.0. The summed E-state index contributed by atoms with van der Waals surface area (Å²) in [6.45, 7) is 1.94. The Morgan fingerprint density at radius 3 is 2.68 bits per heavy atom. The number of methoxy groups -OCH3 is 1. The van der Waals surface area contributed by atoms with Crippen molar-refractivity contribution >= 4 is 47.4 Å². The molecule has 0 spiro atoms. The van der Waals surface area contributed by atoms with Gasteiger partial charge < -0.3 is 20.7 Å². The number of hydrogen-bond acceptors (Lipinski definition) is 3. The molecule has 1 aromatic rings. The highest BCUT2D eigenvalue weighted by molar-refractivity contribution is 14.0. The maximum Gasteiger partial charge on any atom is 0.239 e. The first-order valence-corrected chi connectivity index (χ1v) is 8.44. The third-order valence-corrected chi connectivity index (χ3v) is 4.39. The van der Waals surface area contributed by atoms with Crippen LogP contribution in [0.15, 0.2) is 29.3 Å². The van der Waals surface area contributed by atoms with Crippen LogP contribution in [0.1, 0.15) is 18.4 Å². The van der Waals surface area contributed by atoms with Gasteiger partial charge in [0, 0.05) is 37.7 Å². The molecule has 0 heterocycles. The van der Waals surface area contributed by atoms with Crippen molar-refractivity contribution in [3.8, 4) is 0 Å². The van der Waals surface area contributed by atoms with Crippen LogP contribution in [0.4, 0.5) is 0 Å². The molecule has 0 radical (unpaired) electrons. The van der Waals surface area contributed by atoms with E-state index in [1.165, 1.54) is 5.56 Å². The lowest BCUT2D eigenvalue weighted by atomic mass is 9.96. The third-order valence-electron chi connectivity index (χ3n) is 4.15. The fourth-order valence-corrected chi connectivity index (χ4v) is 2.72. The van der Waals surface area contributed by atoms with E-state index in [4.69, 9.17) is 16.3 Å². The highest BCUT2D eigenvalue weighted by Gasteiger charge is 2.44. The number of nitrogens with zero attached hydrogens (tertiary/aromatic N) is 1. The molecule has 0 aromatic heterocycles. The summed E-state index contributed by atoms with van der Waals surface area (Å²) in [6, 6.07) is 8.00. The number of benzene rings is 1. The summed E-state index contributed by atoms with van der Waals surface area (Å²) < 4.78 is 4.89. The molecule has 3 N–H and O–H groups in total. The Bertz CT molecular complexity index is 594. The van der Waals surface area contributed by atoms with Gasteiger partial charge in [0.05, 0.1) is 13.2 Å². The molecule has 0 bridgehead atoms. The van der Waals surface area contributed by atoms with E-state index < -0.39 is 0 Å². The molecule has 0 atom stereocenters. The van der Waals surface area contributed by atoms with E-state index in [1.807, 2.05) is 18.2 Å². The van der Waals surface area contributed by atoms with Crippen LogP contribution in [0.25, 0.3) is 0 Å². The Kier molecular flexibility index (Phi) is 9.52. The molecule has 1 aromatic carbocycles. The number of aliphatic imine (C=N–C) groups is 1. The minimum absolute atomic E-state index is 0. The molecule has 0 saturated heterocycles. The zero-order valence-electron chi connectivity index (χ0n) is 14.6. The van der Waals surface area contributed by atoms with Crippen LogP contribution in [-0.2, 0) is 14.9 Å². The number of halogens is 2. The molecule has 6 nitrogen and oxygen atoms in total. The molecule has 25 heavy (non-hydrogen) atoms. The van der Waals surface area contributed by atoms with E-state index in [0.29, 0.717) is 19.1 Å². The number of hydrogen-bond donors (Lipinski definition) is 3. The molecule has 0 aliphatic heterocycles. The summed E-state index contributed by atoms with van der Waals surface area (Å²) >= 11 is 6.10. The van der Waals surface area contributed by atoms with Gasteiger partial charge >= 0.3 is 0 Å². The number of guanidine groups is 1. The molecule has 1 aliphatic rings. The first-order chi connectivity index (χ1) is 11.6. The van der Waals surface area contributed by atoms with Crippen LogP contribution in [0.2, 0.25) is 5.02 Å². The van der Waals surface area contributed by atoms with Gasteiger partial charge in [-0.3, -0.25) is 9.79 Å². The largest absolute Gasteiger partial charge is 0.383 e. The zero-order valence-corrected chi connectivity index (χ0v) is 17.7. The van der Waals surface area contributed by atoms with Crippen LogP contribution < -0.4 is 16.0 Å². The predicted octanol–water partition coefficient (Wildman–Crippen LogP) is 1.92. The van der Waals surface area contributed by atoms with Crippen LogP contribution in [0.3, 0.4) is 0 Å². The normalized spacial score (nSPS) is 15.1. The molecule has 1 aliphatic carbocycles. The van der Waals surface area contributed by atoms with E-state index in [-0.39, 0.29) is 41.8 Å². The summed E-state index contributed by atoms with van der Waals surface area (Å²) in [4.78, 5) is 15.8. The average molecular weight is 481 g/mol. The Morgan fingerprint density at radius 2 is 2.08 bits per heavy atom. The number of carbonyl (C=O) groups excluding carboxylic acids is 1. The quantitative estimate of drug-likeness (QED) is 0.230. The van der Waals surface area contributed by atoms with Crippen molar-refractivity contribution < 1.29 is 9.53 Å². The van der Waals surface area contributed by atoms with Gasteiger partial charge in [0.1, 0.15) is 0 Å². The Morgan fingerprint density at radius 1 is 1.32 bits per heavy atom. The lowest BCUT2D eigenvalue weighted by molar-refractivity contribution is -0.120. The SMILES string of the molecule is CN=C(NCC(=O)NCCOC)NCC1(c2cccc(Cl)c2)CC1.I. The number of amides is 1. The minimum atomic E-state index is -0.0917. The van der Waals surface area contributed by atoms with E-state index in [2.05, 4.69) is 27.0 Å². The number of nitrogens with one attached hydrogen (secondary N) is 3. The summed E-state index contributed by atoms with van der Waals surface area (Å²) in [6.07, 6.45) is 2.24. The van der Waals surface area contributed by atoms with Crippen LogP contribution in [0, 0.1) is 0 Å². The van der Waals surface area contributed by atoms with Crippen LogP contribution in [-0.4, -0.2) is 52.3 Å². The second-order valence-electron chi connectivity index (χ2n) is 5.91. The molecule has 1 saturated carbocycles. The average Bonchev–Trinajstić information content (AvgIpc) is 3.36. The van der Waals surface area contributed by atoms with Gasteiger partial charge in [0.2, 0.25) is 5.91 Å². The van der Waals surface area contributed by atoms with E-state index >= 15 is 0 Å². The van der Waals surface area contributed by atoms with Gasteiger partial charge in [-0.15, -0.1) is 24.0 Å². The van der Waals surface area contributed by atoms with Crippen molar-refractivity contribution in [2.24, 2.45) is 4.99 Å². The number of ether oxygens (including phenoxy) is 1. The van der Waals surface area contributed by atoms with Crippen molar-refractivity contribution in [3.05, 3.63) is 34.9 Å². The van der Waals surface area contributed by atoms with Crippen LogP contribution >= 0.6 is 35.6 Å². The van der Waals surface area contributed by atoms with Crippen molar-refractivity contribution in [1.29, 1.82) is 0 Å². The maximum absolute atomic E-state index is 11.7. The molecular formula is C17H26ClIN4O2. The van der Waals surface area contributed by atoms with Gasteiger partial charge in [-0.1, -0.05) is 23.7 Å². The summed E-state index contributed by atoms with van der Waals surface area (Å²) in [5.41, 5.74) is 1.36. The topological polar surface area (TPSA) is 74.8 Å². The first-order valence-electron chi connectivity index (χ1n) is 8.06. The van der Waals surface area contributed by atoms with Gasteiger partial charge in [0.25, 0.3) is 0 Å². The number of carbonyl (C=O) groups is 1. The molecule has 1 fully saturated rings. The lowest BCUT2D eigenvalue weighted by Crippen LogP contribution is -2.45. The van der Waals surface area contributed by atoms with Crippen LogP contribution in [0.5, 0.6) is 0 Å². The van der Waals surface area contributed by atoms with Gasteiger partial charge in [-0.25, -0.2) is 0 Å². The second kappa shape index (κ2) is 10.8. The highest BCUT2D eigenvalue weighted by Crippen LogP contribution is 2.48. The van der Waals surface area contributed by atoms with Crippen molar-refractivity contribution in [1.82, 2.24) is 16.0 Å². The Labute approximate surface area is 171 Å². The third kappa shape index (κ3) is 6.99. The van der Waals surface area contributed by atoms with Crippen molar-refractivity contribution in [2.75, 3.05) is 40.4 Å².